The molecule has 1 amide bonds. The normalized spacial score (nSPS) is 23.0. The van der Waals surface area contributed by atoms with E-state index < -0.39 is 0 Å². The molecule has 0 aromatic carbocycles. The van der Waals surface area contributed by atoms with E-state index in [2.05, 4.69) is 43.9 Å². The van der Waals surface area contributed by atoms with Crippen molar-refractivity contribution < 1.29 is 4.79 Å². The number of likely N-dealkylation sites (N-methyl/N-ethyl adjacent to an activating group) is 1. The highest BCUT2D eigenvalue weighted by molar-refractivity contribution is 5.94. The Labute approximate surface area is 165 Å². The first-order valence-corrected chi connectivity index (χ1v) is 10.4. The summed E-state index contributed by atoms with van der Waals surface area (Å²) in [6.07, 6.45) is 8.89. The van der Waals surface area contributed by atoms with E-state index in [1.165, 1.54) is 12.8 Å². The Kier molecular flexibility index (Phi) is 5.39. The largest absolute Gasteiger partial charge is 0.336 e. The molecular weight excluding hydrogens is 354 g/mol. The maximum absolute atomic E-state index is 13.1. The number of likely N-dealkylation sites (tertiary alicyclic amines) is 1. The topological polar surface area (TPSA) is 80.0 Å². The van der Waals surface area contributed by atoms with Gasteiger partial charge in [0.1, 0.15) is 5.54 Å². The van der Waals surface area contributed by atoms with Crippen LogP contribution >= 0.6 is 0 Å². The van der Waals surface area contributed by atoms with Crippen LogP contribution in [0.2, 0.25) is 0 Å². The lowest BCUT2D eigenvalue weighted by molar-refractivity contribution is 0.0660. The molecule has 2 fully saturated rings. The van der Waals surface area contributed by atoms with Crippen LogP contribution in [0, 0.1) is 0 Å². The van der Waals surface area contributed by atoms with Crippen LogP contribution < -0.4 is 0 Å². The molecule has 1 saturated carbocycles. The molecule has 2 aromatic rings. The molecule has 28 heavy (non-hydrogen) atoms. The molecule has 2 aliphatic rings. The van der Waals surface area contributed by atoms with Crippen molar-refractivity contribution in [1.82, 2.24) is 35.0 Å². The maximum Gasteiger partial charge on any atom is 0.255 e. The minimum atomic E-state index is -0.340. The van der Waals surface area contributed by atoms with Gasteiger partial charge in [0.2, 0.25) is 0 Å². The summed E-state index contributed by atoms with van der Waals surface area (Å²) in [5.41, 5.74) is 0.293. The number of nitrogens with zero attached hydrogens (tertiary/aromatic N) is 7. The quantitative estimate of drug-likeness (QED) is 0.761. The molecule has 0 N–H and O–H groups in total. The predicted octanol–water partition coefficient (Wildman–Crippen LogP) is 2.27. The molecule has 1 aliphatic heterocycles. The van der Waals surface area contributed by atoms with Crippen LogP contribution in [0.25, 0.3) is 0 Å². The first kappa shape index (κ1) is 19.0. The highest BCUT2D eigenvalue weighted by Crippen LogP contribution is 2.40. The van der Waals surface area contributed by atoms with Crippen LogP contribution in [-0.4, -0.2) is 67.1 Å². The Balaban J connectivity index is 1.68. The first-order valence-electron chi connectivity index (χ1n) is 10.4. The lowest BCUT2D eigenvalue weighted by atomic mass is 9.94. The van der Waals surface area contributed by atoms with Crippen LogP contribution in [0.5, 0.6) is 0 Å². The summed E-state index contributed by atoms with van der Waals surface area (Å²) >= 11 is 0. The van der Waals surface area contributed by atoms with Crippen molar-refractivity contribution in [2.24, 2.45) is 0 Å². The molecule has 8 heteroatoms. The van der Waals surface area contributed by atoms with E-state index in [9.17, 15) is 4.79 Å². The van der Waals surface area contributed by atoms with Gasteiger partial charge in [-0.25, -0.2) is 4.68 Å². The molecule has 150 valence electrons. The Morgan fingerprint density at radius 3 is 2.75 bits per heavy atom. The fourth-order valence-electron chi connectivity index (χ4n) is 4.94. The summed E-state index contributed by atoms with van der Waals surface area (Å²) in [7, 11) is 0. The van der Waals surface area contributed by atoms with Gasteiger partial charge in [-0.3, -0.25) is 14.7 Å². The Bertz CT molecular complexity index is 798. The SMILES string of the molecule is CCN(CC)C1(c2nnnn2C2CCCC2)CCN(C(=O)c2cccnc2)C1. The van der Waals surface area contributed by atoms with Crippen LogP contribution in [0.3, 0.4) is 0 Å². The lowest BCUT2D eigenvalue weighted by Crippen LogP contribution is -2.50. The highest BCUT2D eigenvalue weighted by Gasteiger charge is 2.49. The Hall–Kier alpha value is -2.35. The molecule has 1 saturated heterocycles. The van der Waals surface area contributed by atoms with E-state index in [0.717, 1.165) is 38.2 Å². The van der Waals surface area contributed by atoms with E-state index in [-0.39, 0.29) is 11.4 Å². The van der Waals surface area contributed by atoms with E-state index in [0.29, 0.717) is 24.7 Å². The molecular formula is C20H29N7O. The summed E-state index contributed by atoms with van der Waals surface area (Å²) in [4.78, 5) is 21.5. The summed E-state index contributed by atoms with van der Waals surface area (Å²) in [6, 6.07) is 4.01. The highest BCUT2D eigenvalue weighted by atomic mass is 16.2. The van der Waals surface area contributed by atoms with Gasteiger partial charge in [-0.1, -0.05) is 26.7 Å². The van der Waals surface area contributed by atoms with Gasteiger partial charge in [0.15, 0.2) is 5.82 Å². The van der Waals surface area contributed by atoms with Crippen LogP contribution in [0.15, 0.2) is 24.5 Å². The standard InChI is InChI=1S/C20H29N7O/c1-3-26(4-2)20(19-22-23-24-27(19)17-9-5-6-10-17)11-13-25(15-20)18(28)16-8-7-12-21-14-16/h7-8,12,14,17H,3-6,9-11,13,15H2,1-2H3. The maximum atomic E-state index is 13.1. The molecule has 0 spiro atoms. The van der Waals surface area contributed by atoms with Gasteiger partial charge in [-0.2, -0.15) is 0 Å². The smallest absolute Gasteiger partial charge is 0.255 e. The van der Waals surface area contributed by atoms with E-state index >= 15 is 0 Å². The minimum absolute atomic E-state index is 0.0296. The van der Waals surface area contributed by atoms with E-state index in [4.69, 9.17) is 0 Å². The van der Waals surface area contributed by atoms with Crippen molar-refractivity contribution >= 4 is 5.91 Å². The summed E-state index contributed by atoms with van der Waals surface area (Å²) in [6.45, 7) is 7.42. The summed E-state index contributed by atoms with van der Waals surface area (Å²) < 4.78 is 2.06. The molecule has 2 aromatic heterocycles. The van der Waals surface area contributed by atoms with Crippen molar-refractivity contribution in [3.05, 3.63) is 35.9 Å². The number of carbonyl (C=O) groups excluding carboxylic acids is 1. The van der Waals surface area contributed by atoms with Gasteiger partial charge < -0.3 is 4.90 Å². The van der Waals surface area contributed by atoms with Crippen molar-refractivity contribution in [3.63, 3.8) is 0 Å². The van der Waals surface area contributed by atoms with Gasteiger partial charge in [0.25, 0.3) is 5.91 Å². The van der Waals surface area contributed by atoms with Crippen molar-refractivity contribution in [2.45, 2.75) is 57.5 Å². The van der Waals surface area contributed by atoms with Gasteiger partial charge >= 0.3 is 0 Å². The van der Waals surface area contributed by atoms with Gasteiger partial charge in [0, 0.05) is 25.5 Å². The number of hydrogen-bond acceptors (Lipinski definition) is 6. The minimum Gasteiger partial charge on any atom is -0.336 e. The Morgan fingerprint density at radius 2 is 2.07 bits per heavy atom. The third-order valence-electron chi connectivity index (χ3n) is 6.39. The zero-order valence-electron chi connectivity index (χ0n) is 16.8. The van der Waals surface area contributed by atoms with Gasteiger partial charge in [0.05, 0.1) is 11.6 Å². The Morgan fingerprint density at radius 1 is 1.29 bits per heavy atom. The molecule has 8 nitrogen and oxygen atoms in total. The zero-order valence-corrected chi connectivity index (χ0v) is 16.8. The average Bonchev–Trinajstić information content (AvgIpc) is 3.48. The molecule has 0 radical (unpaired) electrons. The number of tetrazole rings is 1. The number of aromatic nitrogens is 5. The van der Waals surface area contributed by atoms with E-state index in [1.54, 1.807) is 12.4 Å². The van der Waals surface area contributed by atoms with Gasteiger partial charge in [-0.15, -0.1) is 5.10 Å². The molecule has 4 rings (SSSR count). The number of amides is 1. The number of hydrogen-bond donors (Lipinski definition) is 0. The average molecular weight is 384 g/mol. The number of pyridine rings is 1. The van der Waals surface area contributed by atoms with E-state index in [1.807, 2.05) is 17.0 Å². The third kappa shape index (κ3) is 3.19. The van der Waals surface area contributed by atoms with Crippen molar-refractivity contribution in [1.29, 1.82) is 0 Å². The van der Waals surface area contributed by atoms with Crippen molar-refractivity contribution in [2.75, 3.05) is 26.2 Å². The molecule has 1 atom stereocenters. The summed E-state index contributed by atoms with van der Waals surface area (Å²) in [5.74, 6) is 0.951. The second-order valence-electron chi connectivity index (χ2n) is 7.81. The fourth-order valence-corrected chi connectivity index (χ4v) is 4.94. The fraction of sp³-hybridized carbons (Fsp3) is 0.650. The number of carbonyl (C=O) groups is 1. The van der Waals surface area contributed by atoms with Crippen molar-refractivity contribution in [3.8, 4) is 0 Å². The monoisotopic (exact) mass is 383 g/mol. The molecule has 0 bridgehead atoms. The van der Waals surface area contributed by atoms with Crippen LogP contribution in [0.1, 0.15) is 68.2 Å². The zero-order chi connectivity index (χ0) is 19.6. The third-order valence-corrected chi connectivity index (χ3v) is 6.39. The molecule has 3 heterocycles. The molecule has 1 unspecified atom stereocenters. The number of rotatable bonds is 6. The van der Waals surface area contributed by atoms with Crippen LogP contribution in [-0.2, 0) is 5.54 Å². The molecule has 1 aliphatic carbocycles. The lowest BCUT2D eigenvalue weighted by Gasteiger charge is -2.39. The summed E-state index contributed by atoms with van der Waals surface area (Å²) in [5, 5.41) is 12.9. The second kappa shape index (κ2) is 7.95. The van der Waals surface area contributed by atoms with Gasteiger partial charge in [-0.05, 0) is 54.9 Å². The first-order chi connectivity index (χ1) is 13.7. The second-order valence-corrected chi connectivity index (χ2v) is 7.81. The predicted molar refractivity (Wildman–Crippen MR) is 105 cm³/mol. The van der Waals surface area contributed by atoms with Crippen LogP contribution in [0.4, 0.5) is 0 Å².